The fourth-order valence-corrected chi connectivity index (χ4v) is 1.37. The number of aryl methyl sites for hydroxylation is 2. The van der Waals surface area contributed by atoms with Crippen molar-refractivity contribution in [3.05, 3.63) is 29.3 Å². The van der Waals surface area contributed by atoms with Gasteiger partial charge in [-0.1, -0.05) is 25.1 Å². The van der Waals surface area contributed by atoms with Crippen molar-refractivity contribution in [2.75, 3.05) is 11.9 Å². The van der Waals surface area contributed by atoms with Crippen molar-refractivity contribution in [1.29, 1.82) is 0 Å². The number of nitrogens with one attached hydrogen (secondary N) is 1. The van der Waals surface area contributed by atoms with E-state index in [1.54, 1.807) is 0 Å². The maximum atomic E-state index is 11.7. The number of rotatable bonds is 3. The summed E-state index contributed by atoms with van der Waals surface area (Å²) in [6.45, 7) is 6.16. The molecular formula is C12H21ClN2O2. The first-order valence-electron chi connectivity index (χ1n) is 5.13. The summed E-state index contributed by atoms with van der Waals surface area (Å²) in [5.41, 5.74) is 8.50. The van der Waals surface area contributed by atoms with Gasteiger partial charge in [0.1, 0.15) is 0 Å². The monoisotopic (exact) mass is 260 g/mol. The molecule has 0 saturated carbocycles. The average molecular weight is 261 g/mol. The molecule has 5 heteroatoms. The Bertz CT molecular complexity index is 349. The average Bonchev–Trinajstić information content (AvgIpc) is 2.22. The maximum Gasteiger partial charge on any atom is 0.228 e. The molecule has 0 fully saturated rings. The predicted octanol–water partition coefficient (Wildman–Crippen LogP) is 1.43. The van der Waals surface area contributed by atoms with Gasteiger partial charge in [-0.25, -0.2) is 0 Å². The lowest BCUT2D eigenvalue weighted by molar-refractivity contribution is -0.119. The van der Waals surface area contributed by atoms with Crippen molar-refractivity contribution in [2.24, 2.45) is 11.7 Å². The zero-order valence-electron chi connectivity index (χ0n) is 10.4. The molecule has 17 heavy (non-hydrogen) atoms. The molecule has 4 nitrogen and oxygen atoms in total. The van der Waals surface area contributed by atoms with Crippen LogP contribution in [0, 0.1) is 19.8 Å². The van der Waals surface area contributed by atoms with Crippen LogP contribution in [0.2, 0.25) is 0 Å². The summed E-state index contributed by atoms with van der Waals surface area (Å²) < 4.78 is 0. The minimum atomic E-state index is -0.149. The third kappa shape index (κ3) is 4.73. The summed E-state index contributed by atoms with van der Waals surface area (Å²) in [5.74, 6) is -0.168. The molecule has 98 valence electrons. The SMILES string of the molecule is Cc1cccc(C)c1NC(=O)C(C)CN.Cl.O. The Morgan fingerprint density at radius 1 is 1.35 bits per heavy atom. The number of benzene rings is 1. The number of carbonyl (C=O) groups excluding carboxylic acids is 1. The minimum Gasteiger partial charge on any atom is -0.412 e. The van der Waals surface area contributed by atoms with E-state index in [1.165, 1.54) is 0 Å². The molecule has 1 unspecified atom stereocenters. The highest BCUT2D eigenvalue weighted by Gasteiger charge is 2.12. The number of amides is 1. The highest BCUT2D eigenvalue weighted by atomic mass is 35.5. The molecule has 0 saturated heterocycles. The first kappa shape index (κ1) is 18.3. The number of carbonyl (C=O) groups is 1. The van der Waals surface area contributed by atoms with Crippen molar-refractivity contribution >= 4 is 24.0 Å². The van der Waals surface area contributed by atoms with E-state index in [-0.39, 0.29) is 29.7 Å². The Hall–Kier alpha value is -1.10. The van der Waals surface area contributed by atoms with Crippen LogP contribution in [0.4, 0.5) is 5.69 Å². The van der Waals surface area contributed by atoms with Gasteiger partial charge in [-0.3, -0.25) is 4.79 Å². The maximum absolute atomic E-state index is 11.7. The summed E-state index contributed by atoms with van der Waals surface area (Å²) in [5, 5.41) is 2.91. The van der Waals surface area contributed by atoms with Crippen LogP contribution < -0.4 is 11.1 Å². The lowest BCUT2D eigenvalue weighted by Crippen LogP contribution is -2.27. The van der Waals surface area contributed by atoms with Crippen molar-refractivity contribution in [3.63, 3.8) is 0 Å². The van der Waals surface area contributed by atoms with Crippen molar-refractivity contribution in [3.8, 4) is 0 Å². The number of para-hydroxylation sites is 1. The Kier molecular flexibility index (Phi) is 8.66. The normalized spacial score (nSPS) is 10.8. The largest absolute Gasteiger partial charge is 0.412 e. The van der Waals surface area contributed by atoms with Gasteiger partial charge in [0.05, 0.1) is 0 Å². The van der Waals surface area contributed by atoms with Crippen LogP contribution in [-0.2, 0) is 4.79 Å². The molecule has 1 aromatic rings. The van der Waals surface area contributed by atoms with Crippen LogP contribution in [-0.4, -0.2) is 17.9 Å². The molecule has 5 N–H and O–H groups in total. The van der Waals surface area contributed by atoms with Crippen molar-refractivity contribution in [2.45, 2.75) is 20.8 Å². The molecule has 0 bridgehead atoms. The number of nitrogens with two attached hydrogens (primary N) is 1. The van der Waals surface area contributed by atoms with Gasteiger partial charge in [-0.2, -0.15) is 0 Å². The van der Waals surface area contributed by atoms with E-state index in [1.807, 2.05) is 39.0 Å². The fraction of sp³-hybridized carbons (Fsp3) is 0.417. The number of hydrogen-bond acceptors (Lipinski definition) is 2. The summed E-state index contributed by atoms with van der Waals surface area (Å²) in [6, 6.07) is 5.94. The van der Waals surface area contributed by atoms with Crippen molar-refractivity contribution in [1.82, 2.24) is 0 Å². The van der Waals surface area contributed by atoms with E-state index in [4.69, 9.17) is 5.73 Å². The second kappa shape index (κ2) is 8.06. The first-order chi connectivity index (χ1) is 7.06. The molecule has 1 amide bonds. The molecule has 1 aromatic carbocycles. The topological polar surface area (TPSA) is 86.6 Å². The third-order valence-corrected chi connectivity index (χ3v) is 2.53. The molecule has 0 aliphatic carbocycles. The Labute approximate surface area is 108 Å². The van der Waals surface area contributed by atoms with Crippen LogP contribution in [0.1, 0.15) is 18.1 Å². The Balaban J connectivity index is 0. The van der Waals surface area contributed by atoms with Crippen molar-refractivity contribution < 1.29 is 10.3 Å². The lowest BCUT2D eigenvalue weighted by atomic mass is 10.1. The van der Waals surface area contributed by atoms with Crippen LogP contribution in [0.25, 0.3) is 0 Å². The van der Waals surface area contributed by atoms with Crippen LogP contribution in [0.15, 0.2) is 18.2 Å². The van der Waals surface area contributed by atoms with Gasteiger partial charge in [0.25, 0.3) is 0 Å². The van der Waals surface area contributed by atoms with E-state index >= 15 is 0 Å². The second-order valence-electron chi connectivity index (χ2n) is 3.89. The molecular weight excluding hydrogens is 240 g/mol. The van der Waals surface area contributed by atoms with E-state index in [0.717, 1.165) is 16.8 Å². The summed E-state index contributed by atoms with van der Waals surface area (Å²) in [4.78, 5) is 11.7. The minimum absolute atomic E-state index is 0. The molecule has 0 aliphatic heterocycles. The quantitative estimate of drug-likeness (QED) is 0.861. The molecule has 0 aromatic heterocycles. The standard InChI is InChI=1S/C12H18N2O.ClH.H2O/c1-8-5-4-6-9(2)11(8)14-12(15)10(3)7-13;;/h4-6,10H,7,13H2,1-3H3,(H,14,15);1H;1H2. The highest BCUT2D eigenvalue weighted by Crippen LogP contribution is 2.19. The summed E-state index contributed by atoms with van der Waals surface area (Å²) in [6.07, 6.45) is 0. The van der Waals surface area contributed by atoms with E-state index in [9.17, 15) is 4.79 Å². The molecule has 0 heterocycles. The Morgan fingerprint density at radius 3 is 2.24 bits per heavy atom. The van der Waals surface area contributed by atoms with Gasteiger partial charge < -0.3 is 16.5 Å². The molecule has 0 aliphatic rings. The van der Waals surface area contributed by atoms with Gasteiger partial charge in [0, 0.05) is 18.2 Å². The van der Waals surface area contributed by atoms with Crippen LogP contribution in [0.3, 0.4) is 0 Å². The smallest absolute Gasteiger partial charge is 0.228 e. The van der Waals surface area contributed by atoms with Crippen LogP contribution >= 0.6 is 12.4 Å². The number of hydrogen-bond donors (Lipinski definition) is 2. The molecule has 0 spiro atoms. The third-order valence-electron chi connectivity index (χ3n) is 2.53. The van der Waals surface area contributed by atoms with E-state index in [2.05, 4.69) is 5.32 Å². The predicted molar refractivity (Wildman–Crippen MR) is 73.6 cm³/mol. The zero-order valence-corrected chi connectivity index (χ0v) is 11.2. The van der Waals surface area contributed by atoms with Gasteiger partial charge >= 0.3 is 0 Å². The fourth-order valence-electron chi connectivity index (χ4n) is 1.37. The van der Waals surface area contributed by atoms with E-state index in [0.29, 0.717) is 6.54 Å². The zero-order chi connectivity index (χ0) is 11.4. The van der Waals surface area contributed by atoms with Gasteiger partial charge in [-0.05, 0) is 25.0 Å². The van der Waals surface area contributed by atoms with E-state index < -0.39 is 0 Å². The lowest BCUT2D eigenvalue weighted by Gasteiger charge is -2.14. The summed E-state index contributed by atoms with van der Waals surface area (Å²) >= 11 is 0. The molecule has 0 radical (unpaired) electrons. The highest BCUT2D eigenvalue weighted by molar-refractivity contribution is 5.93. The van der Waals surface area contributed by atoms with Gasteiger partial charge in [0.15, 0.2) is 0 Å². The molecule has 1 rings (SSSR count). The molecule has 1 atom stereocenters. The van der Waals surface area contributed by atoms with Gasteiger partial charge in [-0.15, -0.1) is 12.4 Å². The summed E-state index contributed by atoms with van der Waals surface area (Å²) in [7, 11) is 0. The number of halogens is 1. The second-order valence-corrected chi connectivity index (χ2v) is 3.89. The first-order valence-corrected chi connectivity index (χ1v) is 5.13. The van der Waals surface area contributed by atoms with Gasteiger partial charge in [0.2, 0.25) is 5.91 Å². The Morgan fingerprint density at radius 2 is 1.82 bits per heavy atom. The number of anilines is 1. The van der Waals surface area contributed by atoms with Crippen LogP contribution in [0.5, 0.6) is 0 Å².